The highest BCUT2D eigenvalue weighted by Gasteiger charge is 2.23. The first-order valence-electron chi connectivity index (χ1n) is 5.44. The predicted octanol–water partition coefficient (Wildman–Crippen LogP) is 1.87. The van der Waals surface area contributed by atoms with Crippen LogP contribution in [0.5, 0.6) is 0 Å². The Hall–Kier alpha value is -1.00. The van der Waals surface area contributed by atoms with E-state index in [9.17, 15) is 8.78 Å². The highest BCUT2D eigenvalue weighted by atomic mass is 19.2. The molecule has 2 rings (SSSR count). The predicted molar refractivity (Wildman–Crippen MR) is 57.0 cm³/mol. The molecular weight excluding hydrogens is 212 g/mol. The summed E-state index contributed by atoms with van der Waals surface area (Å²) in [6.45, 7) is 1.42. The van der Waals surface area contributed by atoms with Gasteiger partial charge in [-0.1, -0.05) is 6.07 Å². The zero-order valence-electron chi connectivity index (χ0n) is 8.96. The second kappa shape index (κ2) is 4.89. The van der Waals surface area contributed by atoms with Crippen LogP contribution in [0, 0.1) is 17.6 Å². The molecule has 16 heavy (non-hydrogen) atoms. The molecule has 1 aromatic rings. The first-order valence-corrected chi connectivity index (χ1v) is 5.44. The summed E-state index contributed by atoms with van der Waals surface area (Å²) in [5.41, 5.74) is 6.74. The zero-order chi connectivity index (χ0) is 11.5. The van der Waals surface area contributed by atoms with Crippen LogP contribution >= 0.6 is 0 Å². The monoisotopic (exact) mass is 227 g/mol. The third-order valence-electron chi connectivity index (χ3n) is 3.03. The molecule has 0 aromatic heterocycles. The van der Waals surface area contributed by atoms with Crippen LogP contribution in [-0.4, -0.2) is 19.3 Å². The van der Waals surface area contributed by atoms with Gasteiger partial charge in [0.15, 0.2) is 11.6 Å². The SMILES string of the molecule is NC(Cc1ccc(F)c(F)c1)C1CCOC1. The standard InChI is InChI=1S/C12H15F2NO/c13-10-2-1-8(5-11(10)14)6-12(15)9-3-4-16-7-9/h1-2,5,9,12H,3-4,6-7,15H2. The molecule has 1 fully saturated rings. The maximum Gasteiger partial charge on any atom is 0.159 e. The quantitative estimate of drug-likeness (QED) is 0.855. The van der Waals surface area contributed by atoms with Crippen molar-refractivity contribution in [1.82, 2.24) is 0 Å². The minimum atomic E-state index is -0.818. The molecule has 0 aliphatic carbocycles. The third kappa shape index (κ3) is 2.57. The Kier molecular flexibility index (Phi) is 3.51. The smallest absolute Gasteiger partial charge is 0.159 e. The van der Waals surface area contributed by atoms with Crippen molar-refractivity contribution in [1.29, 1.82) is 0 Å². The Morgan fingerprint density at radius 1 is 1.38 bits per heavy atom. The van der Waals surface area contributed by atoms with E-state index in [0.29, 0.717) is 18.9 Å². The number of hydrogen-bond donors (Lipinski definition) is 1. The lowest BCUT2D eigenvalue weighted by molar-refractivity contribution is 0.180. The van der Waals surface area contributed by atoms with Crippen LogP contribution in [0.15, 0.2) is 18.2 Å². The molecular formula is C12H15F2NO. The zero-order valence-corrected chi connectivity index (χ0v) is 8.96. The molecule has 0 bridgehead atoms. The van der Waals surface area contributed by atoms with E-state index in [1.165, 1.54) is 6.07 Å². The van der Waals surface area contributed by atoms with Crippen LogP contribution in [0.3, 0.4) is 0 Å². The van der Waals surface area contributed by atoms with Crippen molar-refractivity contribution in [3.05, 3.63) is 35.4 Å². The first kappa shape index (κ1) is 11.5. The fraction of sp³-hybridized carbons (Fsp3) is 0.500. The van der Waals surface area contributed by atoms with Crippen LogP contribution in [0.1, 0.15) is 12.0 Å². The van der Waals surface area contributed by atoms with Gasteiger partial charge in [-0.15, -0.1) is 0 Å². The molecule has 4 heteroatoms. The molecule has 2 atom stereocenters. The summed E-state index contributed by atoms with van der Waals surface area (Å²) in [5.74, 6) is -1.30. The van der Waals surface area contributed by atoms with E-state index >= 15 is 0 Å². The molecule has 2 unspecified atom stereocenters. The normalized spacial score (nSPS) is 22.3. The fourth-order valence-corrected chi connectivity index (χ4v) is 2.00. The van der Waals surface area contributed by atoms with E-state index in [-0.39, 0.29) is 6.04 Å². The van der Waals surface area contributed by atoms with Crippen molar-refractivity contribution in [3.8, 4) is 0 Å². The maximum atomic E-state index is 13.0. The van der Waals surface area contributed by atoms with Gasteiger partial charge in [-0.3, -0.25) is 0 Å². The van der Waals surface area contributed by atoms with Gasteiger partial charge in [-0.05, 0) is 36.5 Å². The Labute approximate surface area is 93.4 Å². The van der Waals surface area contributed by atoms with E-state index in [0.717, 1.165) is 24.7 Å². The Bertz CT molecular complexity index is 364. The van der Waals surface area contributed by atoms with Crippen molar-refractivity contribution in [3.63, 3.8) is 0 Å². The summed E-state index contributed by atoms with van der Waals surface area (Å²) in [7, 11) is 0. The Morgan fingerprint density at radius 2 is 2.19 bits per heavy atom. The summed E-state index contributed by atoms with van der Waals surface area (Å²) in [4.78, 5) is 0. The van der Waals surface area contributed by atoms with Crippen LogP contribution < -0.4 is 5.73 Å². The molecule has 0 amide bonds. The van der Waals surface area contributed by atoms with Crippen LogP contribution in [0.4, 0.5) is 8.78 Å². The van der Waals surface area contributed by atoms with E-state index in [1.54, 1.807) is 6.07 Å². The minimum Gasteiger partial charge on any atom is -0.381 e. The van der Waals surface area contributed by atoms with Gasteiger partial charge in [0.25, 0.3) is 0 Å². The highest BCUT2D eigenvalue weighted by Crippen LogP contribution is 2.19. The van der Waals surface area contributed by atoms with Gasteiger partial charge < -0.3 is 10.5 Å². The molecule has 1 aliphatic heterocycles. The molecule has 2 nitrogen and oxygen atoms in total. The number of halogens is 2. The van der Waals surface area contributed by atoms with Crippen molar-refractivity contribution in [2.24, 2.45) is 11.7 Å². The summed E-state index contributed by atoms with van der Waals surface area (Å²) in [6.07, 6.45) is 1.51. The number of rotatable bonds is 3. The Balaban J connectivity index is 1.99. The van der Waals surface area contributed by atoms with Gasteiger partial charge in [-0.2, -0.15) is 0 Å². The van der Waals surface area contributed by atoms with E-state index in [4.69, 9.17) is 10.5 Å². The number of hydrogen-bond acceptors (Lipinski definition) is 2. The van der Waals surface area contributed by atoms with Crippen molar-refractivity contribution < 1.29 is 13.5 Å². The number of nitrogens with two attached hydrogens (primary N) is 1. The van der Waals surface area contributed by atoms with Crippen molar-refractivity contribution in [2.45, 2.75) is 18.9 Å². The number of ether oxygens (including phenoxy) is 1. The van der Waals surface area contributed by atoms with Crippen LogP contribution in [0.25, 0.3) is 0 Å². The van der Waals surface area contributed by atoms with Gasteiger partial charge in [0.2, 0.25) is 0 Å². The first-order chi connectivity index (χ1) is 7.66. The summed E-state index contributed by atoms with van der Waals surface area (Å²) in [5, 5.41) is 0. The van der Waals surface area contributed by atoms with E-state index in [2.05, 4.69) is 0 Å². The van der Waals surface area contributed by atoms with Crippen LogP contribution in [-0.2, 0) is 11.2 Å². The average Bonchev–Trinajstić information content (AvgIpc) is 2.77. The van der Waals surface area contributed by atoms with Gasteiger partial charge in [-0.25, -0.2) is 8.78 Å². The van der Waals surface area contributed by atoms with E-state index < -0.39 is 11.6 Å². The topological polar surface area (TPSA) is 35.2 Å². The Morgan fingerprint density at radius 3 is 2.81 bits per heavy atom. The lowest BCUT2D eigenvalue weighted by Gasteiger charge is -2.17. The summed E-state index contributed by atoms with van der Waals surface area (Å²) < 4.78 is 30.9. The summed E-state index contributed by atoms with van der Waals surface area (Å²) in [6, 6.07) is 3.88. The van der Waals surface area contributed by atoms with Gasteiger partial charge in [0.05, 0.1) is 6.61 Å². The lowest BCUT2D eigenvalue weighted by Crippen LogP contribution is -2.32. The van der Waals surface area contributed by atoms with Gasteiger partial charge in [0, 0.05) is 12.6 Å². The number of benzene rings is 1. The van der Waals surface area contributed by atoms with Crippen LogP contribution in [0.2, 0.25) is 0 Å². The summed E-state index contributed by atoms with van der Waals surface area (Å²) >= 11 is 0. The van der Waals surface area contributed by atoms with Crippen molar-refractivity contribution >= 4 is 0 Å². The minimum absolute atomic E-state index is 0.0487. The van der Waals surface area contributed by atoms with Gasteiger partial charge in [0.1, 0.15) is 0 Å². The van der Waals surface area contributed by atoms with Gasteiger partial charge >= 0.3 is 0 Å². The molecule has 1 saturated heterocycles. The second-order valence-electron chi connectivity index (χ2n) is 4.24. The lowest BCUT2D eigenvalue weighted by atomic mass is 9.94. The largest absolute Gasteiger partial charge is 0.381 e. The second-order valence-corrected chi connectivity index (χ2v) is 4.24. The molecule has 0 saturated carbocycles. The van der Waals surface area contributed by atoms with Crippen molar-refractivity contribution in [2.75, 3.05) is 13.2 Å². The molecule has 1 aliphatic rings. The fourth-order valence-electron chi connectivity index (χ4n) is 2.00. The maximum absolute atomic E-state index is 13.0. The molecule has 0 spiro atoms. The molecule has 1 heterocycles. The molecule has 0 radical (unpaired) electrons. The highest BCUT2D eigenvalue weighted by molar-refractivity contribution is 5.19. The molecule has 2 N–H and O–H groups in total. The molecule has 1 aromatic carbocycles. The van der Waals surface area contributed by atoms with E-state index in [1.807, 2.05) is 0 Å². The molecule has 88 valence electrons. The third-order valence-corrected chi connectivity index (χ3v) is 3.03. The average molecular weight is 227 g/mol.